The van der Waals surface area contributed by atoms with Crippen LogP contribution < -0.4 is 0 Å². The number of aromatic nitrogens is 4. The Bertz CT molecular complexity index is 932. The Morgan fingerprint density at radius 2 is 2.07 bits per heavy atom. The first-order valence-electron chi connectivity index (χ1n) is 8.51. The fourth-order valence-corrected chi connectivity index (χ4v) is 5.04. The van der Waals surface area contributed by atoms with E-state index < -0.39 is 16.6 Å². The molecule has 148 valence electrons. The Balaban J connectivity index is 1.91. The summed E-state index contributed by atoms with van der Waals surface area (Å²) in [4.78, 5) is 8.24. The minimum atomic E-state index is -3.97. The second-order valence-corrected chi connectivity index (χ2v) is 8.41. The second kappa shape index (κ2) is 7.56. The van der Waals surface area contributed by atoms with Gasteiger partial charge in [-0.2, -0.15) is 18.2 Å². The van der Waals surface area contributed by atoms with Crippen LogP contribution in [0.2, 0.25) is 0 Å². The molecule has 1 aliphatic rings. The molecule has 0 radical (unpaired) electrons. The molecule has 1 atom stereocenters. The number of aryl methyl sites for hydroxylation is 1. The molecule has 11 heteroatoms. The monoisotopic (exact) mass is 401 g/mol. The Kier molecular flexibility index (Phi) is 5.54. The maximum absolute atomic E-state index is 13.0. The summed E-state index contributed by atoms with van der Waals surface area (Å²) in [5.74, 6) is 0.332. The van der Waals surface area contributed by atoms with Gasteiger partial charge in [0, 0.05) is 30.8 Å². The lowest BCUT2D eigenvalue weighted by molar-refractivity contribution is 0.0541. The Morgan fingerprint density at radius 1 is 1.33 bits per heavy atom. The van der Waals surface area contributed by atoms with E-state index >= 15 is 0 Å². The van der Waals surface area contributed by atoms with Crippen LogP contribution in [0.5, 0.6) is 0 Å². The van der Waals surface area contributed by atoms with Gasteiger partial charge in [0.05, 0.1) is 24.2 Å². The van der Waals surface area contributed by atoms with Gasteiger partial charge in [-0.05, 0) is 26.7 Å². The van der Waals surface area contributed by atoms with Crippen molar-refractivity contribution in [1.29, 1.82) is 0 Å². The highest BCUT2D eigenvalue weighted by Crippen LogP contribution is 2.32. The van der Waals surface area contributed by atoms with Gasteiger partial charge in [-0.25, -0.2) is 23.1 Å². The van der Waals surface area contributed by atoms with E-state index in [-0.39, 0.29) is 36.2 Å². The van der Waals surface area contributed by atoms with Crippen molar-refractivity contribution >= 4 is 10.0 Å². The van der Waals surface area contributed by atoms with Gasteiger partial charge >= 0.3 is 6.55 Å². The van der Waals surface area contributed by atoms with E-state index in [0.717, 1.165) is 6.20 Å². The second-order valence-electron chi connectivity index (χ2n) is 6.50. The lowest BCUT2D eigenvalue weighted by atomic mass is 9.93. The van der Waals surface area contributed by atoms with Crippen LogP contribution in [0.3, 0.4) is 0 Å². The lowest BCUT2D eigenvalue weighted by Crippen LogP contribution is -2.39. The molecule has 2 aromatic rings. The number of rotatable bonds is 5. The van der Waals surface area contributed by atoms with Gasteiger partial charge in [0.1, 0.15) is 10.7 Å². The molecule has 2 aromatic heterocycles. The highest BCUT2D eigenvalue weighted by Gasteiger charge is 2.35. The van der Waals surface area contributed by atoms with Crippen LogP contribution in [-0.4, -0.2) is 50.7 Å². The molecular weight excluding hydrogens is 380 g/mol. The molecule has 1 N–H and O–H groups in total. The van der Waals surface area contributed by atoms with Crippen molar-refractivity contribution in [3.05, 3.63) is 35.2 Å². The molecule has 0 saturated carbocycles. The summed E-state index contributed by atoms with van der Waals surface area (Å²) in [6, 6.07) is 0. The number of sulfonamides is 1. The zero-order valence-corrected chi connectivity index (χ0v) is 15.8. The van der Waals surface area contributed by atoms with Gasteiger partial charge in [-0.3, -0.25) is 0 Å². The number of piperidine rings is 1. The molecule has 0 bridgehead atoms. The van der Waals surface area contributed by atoms with Gasteiger partial charge in [0.25, 0.3) is 0 Å². The van der Waals surface area contributed by atoms with Crippen molar-refractivity contribution in [2.45, 2.75) is 50.7 Å². The summed E-state index contributed by atoms with van der Waals surface area (Å²) < 4.78 is 53.5. The molecule has 1 unspecified atom stereocenters. The number of aliphatic hydroxyl groups is 1. The summed E-state index contributed by atoms with van der Waals surface area (Å²) in [5, 5.41) is 13.0. The predicted octanol–water partition coefficient (Wildman–Crippen LogP) is 1.75. The maximum Gasteiger partial charge on any atom is 0.333 e. The highest BCUT2D eigenvalue weighted by molar-refractivity contribution is 7.89. The molecule has 3 rings (SSSR count). The number of nitrogens with zero attached hydrogens (tertiary/aromatic N) is 5. The van der Waals surface area contributed by atoms with E-state index in [9.17, 15) is 22.3 Å². The van der Waals surface area contributed by atoms with Crippen LogP contribution in [-0.2, 0) is 16.6 Å². The van der Waals surface area contributed by atoms with Gasteiger partial charge < -0.3 is 5.11 Å². The van der Waals surface area contributed by atoms with Gasteiger partial charge in [-0.1, -0.05) is 0 Å². The van der Waals surface area contributed by atoms with Crippen LogP contribution in [0.25, 0.3) is 0 Å². The molecule has 0 aliphatic carbocycles. The first kappa shape index (κ1) is 19.8. The van der Waals surface area contributed by atoms with E-state index in [2.05, 4.69) is 15.1 Å². The van der Waals surface area contributed by atoms with Crippen molar-refractivity contribution in [2.24, 2.45) is 0 Å². The zero-order chi connectivity index (χ0) is 19.8. The zero-order valence-electron chi connectivity index (χ0n) is 15.0. The molecule has 1 saturated heterocycles. The topological polar surface area (TPSA) is 101 Å². The number of halogens is 2. The number of aliphatic hydroxyl groups excluding tert-OH is 1. The molecule has 3 heterocycles. The molecular formula is C16H21F2N5O3S. The van der Waals surface area contributed by atoms with Crippen molar-refractivity contribution in [3.8, 4) is 0 Å². The SMILES string of the molecule is Cc1ncc(CO)c(C2CCCN(S(=O)(=O)c3cnn(C(F)F)c3C)C2)n1. The molecule has 0 spiro atoms. The normalized spacial score (nSPS) is 19.0. The van der Waals surface area contributed by atoms with E-state index in [1.807, 2.05) is 0 Å². The minimum Gasteiger partial charge on any atom is -0.392 e. The van der Waals surface area contributed by atoms with Gasteiger partial charge in [0.2, 0.25) is 10.0 Å². The molecule has 27 heavy (non-hydrogen) atoms. The lowest BCUT2D eigenvalue weighted by Gasteiger charge is -2.32. The third-order valence-corrected chi connectivity index (χ3v) is 6.73. The standard InChI is InChI=1S/C16H21F2N5O3S/c1-10-14(7-20-23(10)16(17)18)27(25,26)22-5-3-4-12(8-22)15-13(9-24)6-19-11(2)21-15/h6-7,12,16,24H,3-5,8-9H2,1-2H3. The van der Waals surface area contributed by atoms with E-state index in [0.29, 0.717) is 34.6 Å². The van der Waals surface area contributed by atoms with Crippen molar-refractivity contribution in [3.63, 3.8) is 0 Å². The summed E-state index contributed by atoms with van der Waals surface area (Å²) >= 11 is 0. The third-order valence-electron chi connectivity index (χ3n) is 4.76. The van der Waals surface area contributed by atoms with Crippen LogP contribution in [0.15, 0.2) is 17.3 Å². The number of hydrogen-bond donors (Lipinski definition) is 1. The summed E-state index contributed by atoms with van der Waals surface area (Å²) in [5.41, 5.74) is 1.09. The van der Waals surface area contributed by atoms with Crippen molar-refractivity contribution < 1.29 is 22.3 Å². The Labute approximate surface area is 155 Å². The predicted molar refractivity (Wildman–Crippen MR) is 91.6 cm³/mol. The summed E-state index contributed by atoms with van der Waals surface area (Å²) in [7, 11) is -3.97. The summed E-state index contributed by atoms with van der Waals surface area (Å²) in [6.45, 7) is 0.343. The fraction of sp³-hybridized carbons (Fsp3) is 0.562. The smallest absolute Gasteiger partial charge is 0.333 e. The van der Waals surface area contributed by atoms with Crippen LogP contribution in [0.4, 0.5) is 8.78 Å². The molecule has 1 fully saturated rings. The third kappa shape index (κ3) is 3.71. The fourth-order valence-electron chi connectivity index (χ4n) is 3.37. The molecule has 8 nitrogen and oxygen atoms in total. The first-order valence-corrected chi connectivity index (χ1v) is 9.95. The maximum atomic E-state index is 13.0. The minimum absolute atomic E-state index is 0.0962. The van der Waals surface area contributed by atoms with Crippen LogP contribution in [0.1, 0.15) is 48.1 Å². The molecule has 0 aromatic carbocycles. The largest absolute Gasteiger partial charge is 0.392 e. The van der Waals surface area contributed by atoms with E-state index in [1.54, 1.807) is 13.1 Å². The van der Waals surface area contributed by atoms with Crippen LogP contribution >= 0.6 is 0 Å². The quantitative estimate of drug-likeness (QED) is 0.819. The molecule has 1 aliphatic heterocycles. The average Bonchev–Trinajstić information content (AvgIpc) is 3.04. The van der Waals surface area contributed by atoms with E-state index in [1.165, 1.54) is 11.2 Å². The van der Waals surface area contributed by atoms with E-state index in [4.69, 9.17) is 0 Å². The number of alkyl halides is 2. The van der Waals surface area contributed by atoms with Gasteiger partial charge in [0.15, 0.2) is 0 Å². The Hall–Kier alpha value is -1.98. The van der Waals surface area contributed by atoms with Crippen LogP contribution in [0, 0.1) is 13.8 Å². The van der Waals surface area contributed by atoms with Crippen molar-refractivity contribution in [1.82, 2.24) is 24.1 Å². The first-order chi connectivity index (χ1) is 12.8. The Morgan fingerprint density at radius 3 is 2.70 bits per heavy atom. The summed E-state index contributed by atoms with van der Waals surface area (Å²) in [6.07, 6.45) is 3.82. The molecule has 0 amide bonds. The number of hydrogen-bond acceptors (Lipinski definition) is 6. The van der Waals surface area contributed by atoms with Crippen molar-refractivity contribution in [2.75, 3.05) is 13.1 Å². The average molecular weight is 401 g/mol. The highest BCUT2D eigenvalue weighted by atomic mass is 32.2. The van der Waals surface area contributed by atoms with Gasteiger partial charge in [-0.15, -0.1) is 0 Å².